The number of thiazole rings is 4. The Morgan fingerprint density at radius 1 is 0.476 bits per heavy atom. The fourth-order valence-electron chi connectivity index (χ4n) is 20.8. The maximum absolute atomic E-state index is 14.2. The van der Waals surface area contributed by atoms with Crippen molar-refractivity contribution in [2.75, 3.05) is 60.8 Å². The molecule has 41 heteroatoms. The molecule has 0 radical (unpaired) electrons. The van der Waals surface area contributed by atoms with E-state index < -0.39 is 73.2 Å². The van der Waals surface area contributed by atoms with Crippen LogP contribution in [0.15, 0.2) is 49.1 Å². The largest absolute Gasteiger partial charge is 0.393 e. The van der Waals surface area contributed by atoms with Gasteiger partial charge in [-0.15, -0.1) is 45.3 Å². The first-order valence-corrected chi connectivity index (χ1v) is 53.6. The van der Waals surface area contributed by atoms with Crippen LogP contribution < -0.4 is 42.5 Å². The van der Waals surface area contributed by atoms with Crippen molar-refractivity contribution in [1.29, 1.82) is 0 Å². The third-order valence-corrected chi connectivity index (χ3v) is 33.0. The number of fused-ring (bicyclic) bond motifs is 4. The van der Waals surface area contributed by atoms with Crippen LogP contribution in [-0.4, -0.2) is 269 Å². The van der Waals surface area contributed by atoms with Crippen LogP contribution in [0.2, 0.25) is 0 Å². The maximum atomic E-state index is 14.2. The summed E-state index contributed by atoms with van der Waals surface area (Å²) in [4.78, 5) is 152. The van der Waals surface area contributed by atoms with Gasteiger partial charge in [0.2, 0.25) is 0 Å². The molecular formula is C102H134F4N20O13S4. The SMILES string of the molecule is CC[C@@H](C)Nc1cc(C)c(-c2sc(C(=O)N[C@H]3CC[C@H](O)C3)nc2C(=O)N2CC(F)(F)C[C@@H]2C)cn1.C[C@H]1CCCN1C(=O)c1nc(C(=O)NC2CCOCC2)sc1-c1cnc(NC(C)(C)C)cc1C(F)F.Cc1cc(NC(C)(C)C)ncc1-c1sc(C(=O)N[C@H]2CC[C@H](O)C2)nc1C(=O)N1C2CCC1CC2.Cc1cc(N[C@H](C)C2CC2)ncc1-c1sc(C(=O)N[C@H]2COC[C@@H]2O)nc1C(=O)N1C2CCC1CC2. The lowest BCUT2D eigenvalue weighted by Gasteiger charge is -2.23. The highest BCUT2D eigenvalue weighted by molar-refractivity contribution is 7.18. The van der Waals surface area contributed by atoms with Crippen molar-refractivity contribution in [2.24, 2.45) is 5.92 Å². The Balaban J connectivity index is 0.000000137. The summed E-state index contributed by atoms with van der Waals surface area (Å²) in [5, 5.41) is 55.2. The molecule has 3 aliphatic carbocycles. The molecule has 33 nitrogen and oxygen atoms in total. The van der Waals surface area contributed by atoms with E-state index in [9.17, 15) is 71.2 Å². The molecule has 11 N–H and O–H groups in total. The number of aliphatic hydroxyl groups excluding tert-OH is 3. The highest BCUT2D eigenvalue weighted by atomic mass is 32.1. The van der Waals surface area contributed by atoms with Gasteiger partial charge in [-0.3, -0.25) is 38.4 Å². The molecule has 3 saturated carbocycles. The van der Waals surface area contributed by atoms with E-state index in [2.05, 4.69) is 117 Å². The zero-order valence-corrected chi connectivity index (χ0v) is 86.9. The van der Waals surface area contributed by atoms with E-state index in [-0.39, 0.29) is 156 Å². The van der Waals surface area contributed by atoms with Gasteiger partial charge in [0.05, 0.1) is 63.6 Å². The van der Waals surface area contributed by atoms with Gasteiger partial charge in [-0.25, -0.2) is 57.4 Å². The van der Waals surface area contributed by atoms with Crippen molar-refractivity contribution in [1.82, 2.24) is 80.7 Å². The van der Waals surface area contributed by atoms with Gasteiger partial charge < -0.3 is 86.9 Å². The number of halogens is 4. The number of hydrogen-bond acceptors (Lipinski definition) is 29. The summed E-state index contributed by atoms with van der Waals surface area (Å²) < 4.78 is 67.2. The monoisotopic (exact) mass is 2050 g/mol. The van der Waals surface area contributed by atoms with Gasteiger partial charge in [0.15, 0.2) is 20.0 Å². The van der Waals surface area contributed by atoms with E-state index in [1.54, 1.807) is 30.4 Å². The quantitative estimate of drug-likeness (QED) is 0.0237. The molecule has 11 fully saturated rings. The lowest BCUT2D eigenvalue weighted by molar-refractivity contribution is 0.0117. The van der Waals surface area contributed by atoms with Crippen LogP contribution in [0, 0.1) is 26.7 Å². The molecule has 8 aromatic heterocycles. The Morgan fingerprint density at radius 3 is 1.25 bits per heavy atom. The average molecular weight is 2050 g/mol. The second-order valence-electron chi connectivity index (χ2n) is 42.4. The number of aromatic nitrogens is 8. The fraction of sp³-hybridized carbons (Fsp3) is 0.608. The Kier molecular flexibility index (Phi) is 32.8. The van der Waals surface area contributed by atoms with Crippen LogP contribution in [0.4, 0.5) is 40.8 Å². The first-order chi connectivity index (χ1) is 68.0. The van der Waals surface area contributed by atoms with E-state index >= 15 is 0 Å². The van der Waals surface area contributed by atoms with E-state index in [1.807, 2.05) is 83.4 Å². The number of hydrogen-bond donors (Lipinski definition) is 11. The van der Waals surface area contributed by atoms with Gasteiger partial charge in [0, 0.05) is 156 Å². The number of aliphatic hydroxyl groups is 3. The number of carbonyl (C=O) groups is 8. The molecule has 8 saturated heterocycles. The molecule has 0 spiro atoms. The van der Waals surface area contributed by atoms with Gasteiger partial charge >= 0.3 is 0 Å². The molecule has 8 aliphatic heterocycles. The second-order valence-corrected chi connectivity index (χ2v) is 46.4. The zero-order valence-electron chi connectivity index (χ0n) is 83.7. The number of ether oxygens (including phenoxy) is 2. The third-order valence-electron chi connectivity index (χ3n) is 28.7. The van der Waals surface area contributed by atoms with Gasteiger partial charge in [-0.2, -0.15) is 0 Å². The molecule has 11 aliphatic rings. The fourth-order valence-corrected chi connectivity index (χ4v) is 24.9. The molecule has 16 heterocycles. The highest BCUT2D eigenvalue weighted by Gasteiger charge is 2.50. The minimum atomic E-state index is -2.96. The number of rotatable bonds is 25. The van der Waals surface area contributed by atoms with Crippen molar-refractivity contribution in [3.8, 4) is 41.8 Å². The molecule has 19 rings (SSSR count). The van der Waals surface area contributed by atoms with Crippen LogP contribution in [0.25, 0.3) is 41.8 Å². The summed E-state index contributed by atoms with van der Waals surface area (Å²) in [6.45, 7) is 29.1. The number of alkyl halides is 4. The van der Waals surface area contributed by atoms with Gasteiger partial charge in [0.25, 0.3) is 59.6 Å². The van der Waals surface area contributed by atoms with Crippen LogP contribution in [0.5, 0.6) is 0 Å². The number of anilines is 4. The van der Waals surface area contributed by atoms with Gasteiger partial charge in [-0.05, 0) is 272 Å². The number of aryl methyl sites for hydroxylation is 3. The average Bonchev–Trinajstić information content (AvgIpc) is 1.63. The number of amides is 8. The first kappa shape index (κ1) is 105. The smallest absolute Gasteiger partial charge is 0.280 e. The molecule has 0 unspecified atom stereocenters. The van der Waals surface area contributed by atoms with Gasteiger partial charge in [-0.1, -0.05) is 6.92 Å². The van der Waals surface area contributed by atoms with E-state index in [4.69, 9.17) is 9.47 Å². The third kappa shape index (κ3) is 25.1. The minimum absolute atomic E-state index is 0.0117. The van der Waals surface area contributed by atoms with Crippen molar-refractivity contribution in [3.05, 3.63) is 114 Å². The lowest BCUT2D eigenvalue weighted by atomic mass is 10.0. The predicted molar refractivity (Wildman–Crippen MR) is 542 cm³/mol. The normalized spacial score (nSPS) is 24.2. The molecule has 772 valence electrons. The summed E-state index contributed by atoms with van der Waals surface area (Å²) in [7, 11) is 0. The molecular weight excluding hydrogens is 1920 g/mol. The van der Waals surface area contributed by atoms with Crippen LogP contribution in [0.1, 0.15) is 327 Å². The summed E-state index contributed by atoms with van der Waals surface area (Å²) in [6.07, 6.45) is 20.3. The van der Waals surface area contributed by atoms with Crippen LogP contribution in [0.3, 0.4) is 0 Å². The van der Waals surface area contributed by atoms with E-state index in [1.165, 1.54) is 47.8 Å². The Morgan fingerprint density at radius 2 is 0.874 bits per heavy atom. The summed E-state index contributed by atoms with van der Waals surface area (Å²) in [5.41, 5.74) is 5.06. The topological polar surface area (TPSA) is 428 Å². The lowest BCUT2D eigenvalue weighted by Crippen LogP contribution is -2.42. The molecule has 143 heavy (non-hydrogen) atoms. The van der Waals surface area contributed by atoms with Gasteiger partial charge in [0.1, 0.15) is 46.0 Å². The van der Waals surface area contributed by atoms with E-state index in [0.29, 0.717) is 120 Å². The number of nitrogens with one attached hydrogen (secondary N) is 8. The maximum Gasteiger partial charge on any atom is 0.280 e. The molecule has 8 amide bonds. The summed E-state index contributed by atoms with van der Waals surface area (Å²) >= 11 is 4.47. The molecule has 10 atom stereocenters. The second kappa shape index (κ2) is 44.5. The van der Waals surface area contributed by atoms with Crippen LogP contribution >= 0.6 is 45.3 Å². The number of nitrogens with zero attached hydrogens (tertiary/aromatic N) is 12. The standard InChI is InChI=1S/C26H33N5O4S.C26H35N5O3S.2C25H33F2N5O3S/c1-13-9-21(28-14(2)15-3-4-15)27-10-18(13)23-22(26(34)31-16-5-6-17(31)8-7-16)30-25(36-23)24(33)29-19-11-35-12-20(19)32;1-14-11-20(30-26(2,3)4)27-13-19(14)22-21(25(34)31-16-6-7-17(31)9-8-16)29-24(35-22)23(33)28-15-5-10-18(32)12-15;1-14-6-5-9-32(14)24(34)19-20(36-23(30-19)22(33)29-15-7-10-35-11-8-15)17-13-28-18(31-25(2,3)4)12-16(17)21(26)27;1-5-14(3)29-19-8-13(2)18(11-28-19)21-20(24(35)32-12-25(26,27)10-15(32)4)31-23(36-21)22(34)30-16-6-7-17(33)9-16/h9-10,14-17,19-20,32H,3-8,11-12H2,1-2H3,(H,27,28)(H,29,33);11,13,15-18,32H,5-10,12H2,1-4H3,(H,27,30)(H,28,33);12-15,21H,5-11H2,1-4H3,(H,28,31)(H,29,33);8,11,14-17,33H,5-7,9-10,12H2,1-4H3,(H,28,29)(H,30,34)/t14-,16?,17?,19+,20+;15-,16?,17?,18-;14-;14-,15+,16+,17+/m1001/s1. The molecule has 0 aromatic carbocycles. The number of carbonyl (C=O) groups excluding carboxylic acids is 8. The van der Waals surface area contributed by atoms with Crippen molar-refractivity contribution in [2.45, 2.75) is 352 Å². The van der Waals surface area contributed by atoms with E-state index in [0.717, 1.165) is 144 Å². The number of likely N-dealkylation sites (tertiary alicyclic amines) is 2. The number of pyridine rings is 4. The Hall–Kier alpha value is -10.4. The van der Waals surface area contributed by atoms with Crippen LogP contribution in [-0.2, 0) is 9.47 Å². The minimum Gasteiger partial charge on any atom is -0.393 e. The van der Waals surface area contributed by atoms with Crippen molar-refractivity contribution >= 4 is 116 Å². The van der Waals surface area contributed by atoms with Crippen molar-refractivity contribution < 1.29 is 80.7 Å². The van der Waals surface area contributed by atoms with Crippen molar-refractivity contribution in [3.63, 3.8) is 0 Å². The predicted octanol–water partition coefficient (Wildman–Crippen LogP) is 16.2. The Bertz CT molecular complexity index is 5960. The first-order valence-electron chi connectivity index (χ1n) is 50.4. The summed E-state index contributed by atoms with van der Waals surface area (Å²) in [5.74, 6) is -2.37. The zero-order chi connectivity index (χ0) is 102. The summed E-state index contributed by atoms with van der Waals surface area (Å²) in [6, 6.07) is 7.40. The molecule has 4 bridgehead atoms. The highest BCUT2D eigenvalue weighted by Crippen LogP contribution is 2.47. The molecule has 8 aromatic rings. The Labute approximate surface area is 847 Å².